The molecule has 0 aliphatic carbocycles. The zero-order valence-electron chi connectivity index (χ0n) is 8.60. The van der Waals surface area contributed by atoms with Crippen LogP contribution in [0, 0.1) is 18.3 Å². The Balaban J connectivity index is 2.89. The number of hydrogen-bond acceptors (Lipinski definition) is 5. The van der Waals surface area contributed by atoms with Crippen LogP contribution in [0.2, 0.25) is 0 Å². The maximum absolute atomic E-state index is 11.3. The second kappa shape index (κ2) is 5.05. The van der Waals surface area contributed by atoms with Gasteiger partial charge < -0.3 is 4.74 Å². The van der Waals surface area contributed by atoms with Gasteiger partial charge in [-0.2, -0.15) is 5.26 Å². The minimum atomic E-state index is -1.04. The molecule has 15 heavy (non-hydrogen) atoms. The molecule has 0 bridgehead atoms. The fraction of sp³-hybridized carbons (Fsp3) is 0.400. The van der Waals surface area contributed by atoms with Crippen molar-refractivity contribution < 1.29 is 9.53 Å². The molecule has 0 fully saturated rings. The molecule has 0 spiro atoms. The van der Waals surface area contributed by atoms with Gasteiger partial charge in [0.1, 0.15) is 0 Å². The second-order valence-electron chi connectivity index (χ2n) is 2.93. The van der Waals surface area contributed by atoms with Gasteiger partial charge in [0.25, 0.3) is 0 Å². The van der Waals surface area contributed by atoms with Gasteiger partial charge in [-0.1, -0.05) is 0 Å². The normalized spacial score (nSPS) is 11.5. The van der Waals surface area contributed by atoms with E-state index in [0.29, 0.717) is 0 Å². The molecule has 0 amide bonds. The first-order valence-corrected chi connectivity index (χ1v) is 4.53. The predicted octanol–water partition coefficient (Wildman–Crippen LogP) is 0.955. The molecule has 0 aliphatic rings. The van der Waals surface area contributed by atoms with Crippen molar-refractivity contribution in [3.63, 3.8) is 0 Å². The molecule has 1 aromatic heterocycles. The largest absolute Gasteiger partial charge is 0.465 e. The Morgan fingerprint density at radius 3 is 2.67 bits per heavy atom. The SMILES string of the molecule is CCOC(=O)C(C#N)c1ncc(C)cn1. The number of nitriles is 1. The maximum Gasteiger partial charge on any atom is 0.331 e. The highest BCUT2D eigenvalue weighted by molar-refractivity contribution is 5.80. The lowest BCUT2D eigenvalue weighted by atomic mass is 10.1. The molecule has 1 atom stereocenters. The van der Waals surface area contributed by atoms with Gasteiger partial charge in [0.2, 0.25) is 5.92 Å². The molecule has 5 nitrogen and oxygen atoms in total. The number of esters is 1. The van der Waals surface area contributed by atoms with Gasteiger partial charge in [-0.05, 0) is 19.4 Å². The van der Waals surface area contributed by atoms with E-state index in [1.807, 2.05) is 13.0 Å². The quantitative estimate of drug-likeness (QED) is 0.687. The van der Waals surface area contributed by atoms with Crippen molar-refractivity contribution in [1.29, 1.82) is 5.26 Å². The number of ether oxygens (including phenoxy) is 1. The number of hydrogen-bond donors (Lipinski definition) is 0. The Bertz CT molecular complexity index is 381. The molecule has 0 saturated carbocycles. The predicted molar refractivity (Wildman–Crippen MR) is 51.8 cm³/mol. The van der Waals surface area contributed by atoms with Crippen molar-refractivity contribution in [2.75, 3.05) is 6.61 Å². The van der Waals surface area contributed by atoms with E-state index in [1.54, 1.807) is 19.3 Å². The average molecular weight is 205 g/mol. The van der Waals surface area contributed by atoms with Crippen LogP contribution in [0.3, 0.4) is 0 Å². The number of carbonyl (C=O) groups excluding carboxylic acids is 1. The standard InChI is InChI=1S/C10H11N3O2/c1-3-15-10(14)8(4-11)9-12-5-7(2)6-13-9/h5-6,8H,3H2,1-2H3. The van der Waals surface area contributed by atoms with Crippen LogP contribution in [0.1, 0.15) is 24.2 Å². The molecule has 1 unspecified atom stereocenters. The lowest BCUT2D eigenvalue weighted by Gasteiger charge is -2.06. The highest BCUT2D eigenvalue weighted by Crippen LogP contribution is 2.11. The molecule has 0 N–H and O–H groups in total. The van der Waals surface area contributed by atoms with Crippen LogP contribution in [0.5, 0.6) is 0 Å². The molecule has 1 heterocycles. The first kappa shape index (κ1) is 11.1. The summed E-state index contributed by atoms with van der Waals surface area (Å²) in [7, 11) is 0. The van der Waals surface area contributed by atoms with Crippen molar-refractivity contribution in [1.82, 2.24) is 9.97 Å². The van der Waals surface area contributed by atoms with E-state index in [0.717, 1.165) is 5.56 Å². The van der Waals surface area contributed by atoms with E-state index in [2.05, 4.69) is 9.97 Å². The summed E-state index contributed by atoms with van der Waals surface area (Å²) in [5.74, 6) is -1.46. The van der Waals surface area contributed by atoms with Crippen LogP contribution < -0.4 is 0 Å². The summed E-state index contributed by atoms with van der Waals surface area (Å²) in [6.07, 6.45) is 3.12. The van der Waals surface area contributed by atoms with Gasteiger partial charge in [-0.15, -0.1) is 0 Å². The van der Waals surface area contributed by atoms with Crippen molar-refractivity contribution in [3.8, 4) is 6.07 Å². The second-order valence-corrected chi connectivity index (χ2v) is 2.93. The van der Waals surface area contributed by atoms with E-state index in [-0.39, 0.29) is 12.4 Å². The van der Waals surface area contributed by atoms with Gasteiger partial charge in [-0.3, -0.25) is 4.79 Å². The van der Waals surface area contributed by atoms with Crippen LogP contribution in [0.25, 0.3) is 0 Å². The van der Waals surface area contributed by atoms with Gasteiger partial charge in [0.05, 0.1) is 12.7 Å². The zero-order valence-corrected chi connectivity index (χ0v) is 8.60. The summed E-state index contributed by atoms with van der Waals surface area (Å²) in [6.45, 7) is 3.75. The molecule has 0 aromatic carbocycles. The lowest BCUT2D eigenvalue weighted by Crippen LogP contribution is -2.16. The molecular formula is C10H11N3O2. The first-order chi connectivity index (χ1) is 7.19. The van der Waals surface area contributed by atoms with Crippen LogP contribution in [-0.2, 0) is 9.53 Å². The number of rotatable bonds is 3. The number of nitrogens with zero attached hydrogens (tertiary/aromatic N) is 3. The number of aromatic nitrogens is 2. The Kier molecular flexibility index (Phi) is 3.75. The summed E-state index contributed by atoms with van der Waals surface area (Å²) in [5.41, 5.74) is 0.874. The summed E-state index contributed by atoms with van der Waals surface area (Å²) < 4.78 is 4.74. The van der Waals surface area contributed by atoms with E-state index in [9.17, 15) is 4.79 Å². The van der Waals surface area contributed by atoms with Crippen molar-refractivity contribution >= 4 is 5.97 Å². The molecular weight excluding hydrogens is 194 g/mol. The third-order valence-corrected chi connectivity index (χ3v) is 1.71. The van der Waals surface area contributed by atoms with Gasteiger partial charge >= 0.3 is 5.97 Å². The third-order valence-electron chi connectivity index (χ3n) is 1.71. The first-order valence-electron chi connectivity index (χ1n) is 4.53. The molecule has 1 rings (SSSR count). The minimum Gasteiger partial charge on any atom is -0.465 e. The number of carbonyl (C=O) groups is 1. The van der Waals surface area contributed by atoms with Crippen molar-refractivity contribution in [2.24, 2.45) is 0 Å². The molecule has 0 saturated heterocycles. The van der Waals surface area contributed by atoms with Gasteiger partial charge in [0, 0.05) is 12.4 Å². The van der Waals surface area contributed by atoms with E-state index in [4.69, 9.17) is 10.00 Å². The molecule has 0 radical (unpaired) electrons. The highest BCUT2D eigenvalue weighted by atomic mass is 16.5. The Labute approximate surface area is 87.7 Å². The third kappa shape index (κ3) is 2.74. The highest BCUT2D eigenvalue weighted by Gasteiger charge is 2.24. The average Bonchev–Trinajstić information content (AvgIpc) is 2.22. The van der Waals surface area contributed by atoms with Crippen LogP contribution in [0.15, 0.2) is 12.4 Å². The van der Waals surface area contributed by atoms with Crippen LogP contribution in [-0.4, -0.2) is 22.5 Å². The van der Waals surface area contributed by atoms with Crippen molar-refractivity contribution in [3.05, 3.63) is 23.8 Å². The van der Waals surface area contributed by atoms with Gasteiger partial charge in [0.15, 0.2) is 5.82 Å². The van der Waals surface area contributed by atoms with Crippen molar-refractivity contribution in [2.45, 2.75) is 19.8 Å². The summed E-state index contributed by atoms with van der Waals surface area (Å²) in [4.78, 5) is 19.2. The summed E-state index contributed by atoms with van der Waals surface area (Å²) in [6, 6.07) is 1.82. The Morgan fingerprint density at radius 2 is 2.20 bits per heavy atom. The molecule has 78 valence electrons. The van der Waals surface area contributed by atoms with Gasteiger partial charge in [-0.25, -0.2) is 9.97 Å². The topological polar surface area (TPSA) is 75.9 Å². The van der Waals surface area contributed by atoms with Crippen LogP contribution >= 0.6 is 0 Å². The fourth-order valence-corrected chi connectivity index (χ4v) is 0.993. The molecule has 1 aromatic rings. The molecule has 5 heteroatoms. The minimum absolute atomic E-state index is 0.182. The lowest BCUT2D eigenvalue weighted by molar-refractivity contribution is -0.143. The molecule has 0 aliphatic heterocycles. The van der Waals surface area contributed by atoms with Crippen LogP contribution in [0.4, 0.5) is 0 Å². The van der Waals surface area contributed by atoms with E-state index < -0.39 is 11.9 Å². The Morgan fingerprint density at radius 1 is 1.60 bits per heavy atom. The maximum atomic E-state index is 11.3. The zero-order chi connectivity index (χ0) is 11.3. The smallest absolute Gasteiger partial charge is 0.331 e. The van der Waals surface area contributed by atoms with E-state index >= 15 is 0 Å². The van der Waals surface area contributed by atoms with E-state index in [1.165, 1.54) is 0 Å². The summed E-state index contributed by atoms with van der Waals surface area (Å²) >= 11 is 0. The monoisotopic (exact) mass is 205 g/mol. The fourth-order valence-electron chi connectivity index (χ4n) is 0.993. The summed E-state index contributed by atoms with van der Waals surface area (Å²) in [5, 5.41) is 8.81. The number of aryl methyl sites for hydroxylation is 1. The Hall–Kier alpha value is -1.96.